The average molecular weight is 266 g/mol. The van der Waals surface area contributed by atoms with Gasteiger partial charge in [-0.2, -0.15) is 31.2 Å². The van der Waals surface area contributed by atoms with Gasteiger partial charge in [-0.15, -0.1) is 0 Å². The van der Waals surface area contributed by atoms with Crippen LogP contribution in [-0.4, -0.2) is 25.2 Å². The lowest BCUT2D eigenvalue weighted by atomic mass is 10.0. The van der Waals surface area contributed by atoms with Gasteiger partial charge in [0, 0.05) is 6.92 Å². The summed E-state index contributed by atoms with van der Waals surface area (Å²) in [5.74, 6) is -2.82. The molecule has 0 aliphatic carbocycles. The topological polar surface area (TPSA) is 27.7 Å². The van der Waals surface area contributed by atoms with E-state index in [1.54, 1.807) is 0 Å². The Hall–Kier alpha value is -0.960. The van der Waals surface area contributed by atoms with Gasteiger partial charge in [0.2, 0.25) is 5.79 Å². The maximum absolute atomic E-state index is 12.2. The Balaban J connectivity index is 2.96. The molecule has 3 nitrogen and oxygen atoms in total. The fourth-order valence-corrected chi connectivity index (χ4v) is 1.38. The van der Waals surface area contributed by atoms with Gasteiger partial charge in [0.05, 0.1) is 13.5 Å². The van der Waals surface area contributed by atoms with Crippen LogP contribution in [0.2, 0.25) is 0 Å². The van der Waals surface area contributed by atoms with E-state index in [1.807, 2.05) is 0 Å². The molecule has 0 amide bonds. The van der Waals surface area contributed by atoms with Gasteiger partial charge in [-0.3, -0.25) is 0 Å². The Morgan fingerprint density at radius 2 is 1.59 bits per heavy atom. The van der Waals surface area contributed by atoms with Crippen LogP contribution in [0.1, 0.15) is 13.3 Å². The average Bonchev–Trinajstić information content (AvgIpc) is 1.95. The van der Waals surface area contributed by atoms with Gasteiger partial charge in [0.15, 0.2) is 5.57 Å². The summed E-state index contributed by atoms with van der Waals surface area (Å²) >= 11 is 0. The molecule has 17 heavy (non-hydrogen) atoms. The lowest BCUT2D eigenvalue weighted by molar-refractivity contribution is -0.431. The van der Waals surface area contributed by atoms with Gasteiger partial charge >= 0.3 is 12.4 Å². The number of allylic oxidation sites excluding steroid dienone is 1. The second kappa shape index (κ2) is 4.05. The second-order valence-corrected chi connectivity index (χ2v) is 3.46. The highest BCUT2D eigenvalue weighted by atomic mass is 19.4. The number of hydrogen-bond donors (Lipinski definition) is 0. The van der Waals surface area contributed by atoms with E-state index >= 15 is 0 Å². The number of halogens is 6. The third kappa shape index (κ3) is 3.03. The SMILES string of the molecule is COOC1(C)CC(=C(C(F)(F)F)C(F)(F)F)O1. The largest absolute Gasteiger partial charge is 0.463 e. The molecule has 1 saturated heterocycles. The quantitative estimate of drug-likeness (QED) is 0.436. The highest BCUT2D eigenvalue weighted by molar-refractivity contribution is 5.24. The van der Waals surface area contributed by atoms with Crippen molar-refractivity contribution < 1.29 is 40.9 Å². The molecule has 100 valence electrons. The van der Waals surface area contributed by atoms with Crippen LogP contribution < -0.4 is 0 Å². The predicted octanol–water partition coefficient (Wildman–Crippen LogP) is 3.08. The molecule has 0 spiro atoms. The van der Waals surface area contributed by atoms with E-state index in [0.29, 0.717) is 0 Å². The summed E-state index contributed by atoms with van der Waals surface area (Å²) in [6.07, 6.45) is -11.7. The van der Waals surface area contributed by atoms with Crippen molar-refractivity contribution in [2.45, 2.75) is 31.5 Å². The fraction of sp³-hybridized carbons (Fsp3) is 0.750. The van der Waals surface area contributed by atoms with E-state index in [0.717, 1.165) is 14.0 Å². The number of alkyl halides is 6. The molecule has 1 aliphatic heterocycles. The molecule has 1 fully saturated rings. The van der Waals surface area contributed by atoms with Gasteiger partial charge in [-0.25, -0.2) is 4.89 Å². The Labute approximate surface area is 91.9 Å². The maximum atomic E-state index is 12.2. The standard InChI is InChI=1S/C8H8F6O3/c1-6(17-15-2)3-4(16-6)5(7(9,10)11)8(12,13)14/h3H2,1-2H3. The van der Waals surface area contributed by atoms with E-state index in [9.17, 15) is 26.3 Å². The molecule has 1 heterocycles. The fourth-order valence-electron chi connectivity index (χ4n) is 1.38. The zero-order valence-corrected chi connectivity index (χ0v) is 8.70. The Bertz CT molecular complexity index is 305. The van der Waals surface area contributed by atoms with Crippen LogP contribution in [-0.2, 0) is 14.5 Å². The summed E-state index contributed by atoms with van der Waals surface area (Å²) in [5, 5.41) is 0. The first-order valence-electron chi connectivity index (χ1n) is 4.28. The van der Waals surface area contributed by atoms with Crippen molar-refractivity contribution in [2.75, 3.05) is 7.11 Å². The van der Waals surface area contributed by atoms with Crippen LogP contribution in [0.4, 0.5) is 26.3 Å². The van der Waals surface area contributed by atoms with Gasteiger partial charge in [0.1, 0.15) is 5.76 Å². The molecule has 0 aromatic carbocycles. The molecule has 1 rings (SSSR count). The van der Waals surface area contributed by atoms with Crippen LogP contribution >= 0.6 is 0 Å². The van der Waals surface area contributed by atoms with Crippen LogP contribution in [0.3, 0.4) is 0 Å². The second-order valence-electron chi connectivity index (χ2n) is 3.46. The van der Waals surface area contributed by atoms with E-state index in [4.69, 9.17) is 0 Å². The van der Waals surface area contributed by atoms with Gasteiger partial charge < -0.3 is 4.74 Å². The zero-order valence-electron chi connectivity index (χ0n) is 8.70. The molecule has 0 N–H and O–H groups in total. The van der Waals surface area contributed by atoms with Crippen molar-refractivity contribution in [1.82, 2.24) is 0 Å². The molecule has 0 saturated carbocycles. The minimum Gasteiger partial charge on any atom is -0.463 e. The molecule has 9 heteroatoms. The Morgan fingerprint density at radius 3 is 1.88 bits per heavy atom. The van der Waals surface area contributed by atoms with Gasteiger partial charge in [-0.1, -0.05) is 0 Å². The number of ether oxygens (including phenoxy) is 1. The molecule has 1 atom stereocenters. The lowest BCUT2D eigenvalue weighted by Crippen LogP contribution is -2.45. The van der Waals surface area contributed by atoms with Crippen molar-refractivity contribution in [2.24, 2.45) is 0 Å². The first-order valence-corrected chi connectivity index (χ1v) is 4.28. The summed E-state index contributed by atoms with van der Waals surface area (Å²) in [4.78, 5) is 8.52. The predicted molar refractivity (Wildman–Crippen MR) is 41.3 cm³/mol. The van der Waals surface area contributed by atoms with Crippen LogP contribution in [0.15, 0.2) is 11.3 Å². The van der Waals surface area contributed by atoms with Crippen molar-refractivity contribution in [3.05, 3.63) is 11.3 Å². The van der Waals surface area contributed by atoms with Crippen LogP contribution in [0.25, 0.3) is 0 Å². The van der Waals surface area contributed by atoms with E-state index < -0.39 is 35.9 Å². The normalized spacial score (nSPS) is 25.3. The van der Waals surface area contributed by atoms with Gasteiger partial charge in [-0.05, 0) is 0 Å². The van der Waals surface area contributed by atoms with Gasteiger partial charge in [0.25, 0.3) is 0 Å². The summed E-state index contributed by atoms with van der Waals surface area (Å²) < 4.78 is 77.5. The molecule has 0 radical (unpaired) electrons. The number of rotatable bonds is 2. The van der Waals surface area contributed by atoms with Crippen LogP contribution in [0, 0.1) is 0 Å². The Kier molecular flexibility index (Phi) is 3.36. The maximum Gasteiger partial charge on any atom is 0.424 e. The highest BCUT2D eigenvalue weighted by Crippen LogP contribution is 2.48. The van der Waals surface area contributed by atoms with E-state index in [2.05, 4.69) is 14.5 Å². The molecule has 0 aromatic heterocycles. The highest BCUT2D eigenvalue weighted by Gasteiger charge is 2.58. The van der Waals surface area contributed by atoms with E-state index in [-0.39, 0.29) is 0 Å². The number of hydrogen-bond acceptors (Lipinski definition) is 3. The lowest BCUT2D eigenvalue weighted by Gasteiger charge is -2.40. The molecule has 0 aromatic rings. The van der Waals surface area contributed by atoms with Crippen molar-refractivity contribution >= 4 is 0 Å². The third-order valence-electron chi connectivity index (χ3n) is 1.93. The molecular formula is C8H8F6O3. The van der Waals surface area contributed by atoms with Crippen molar-refractivity contribution in [3.63, 3.8) is 0 Å². The summed E-state index contributed by atoms with van der Waals surface area (Å²) in [6, 6.07) is 0. The minimum atomic E-state index is -5.53. The molecule has 0 bridgehead atoms. The molecule has 1 aliphatic rings. The zero-order chi connectivity index (χ0) is 13.5. The van der Waals surface area contributed by atoms with E-state index in [1.165, 1.54) is 0 Å². The monoisotopic (exact) mass is 266 g/mol. The first-order chi connectivity index (χ1) is 7.49. The minimum absolute atomic E-state index is 0.671. The van der Waals surface area contributed by atoms with Crippen molar-refractivity contribution in [3.8, 4) is 0 Å². The summed E-state index contributed by atoms with van der Waals surface area (Å²) in [6.45, 7) is 1.16. The summed E-state index contributed by atoms with van der Waals surface area (Å²) in [7, 11) is 1.06. The first kappa shape index (κ1) is 14.1. The molecule has 1 unspecified atom stereocenters. The third-order valence-corrected chi connectivity index (χ3v) is 1.93. The Morgan fingerprint density at radius 1 is 1.18 bits per heavy atom. The van der Waals surface area contributed by atoms with Crippen molar-refractivity contribution in [1.29, 1.82) is 0 Å². The molecular weight excluding hydrogens is 258 g/mol. The van der Waals surface area contributed by atoms with Crippen LogP contribution in [0.5, 0.6) is 0 Å². The summed E-state index contributed by atoms with van der Waals surface area (Å²) in [5.41, 5.74) is -2.65. The smallest absolute Gasteiger partial charge is 0.424 e.